The highest BCUT2D eigenvalue weighted by atomic mass is 19.4. The standard InChI is InChI=1S/C11H12F3N3O.3C2H6/c12-11(13,14)7-3-9-10(16-4-7)17-2-1-15-5-8(17)6-18-9;3*1-2/h3-4,8,15H,1-2,5-6H2;3*1-2H3. The summed E-state index contributed by atoms with van der Waals surface area (Å²) in [6.45, 7) is 14.7. The van der Waals surface area contributed by atoms with Crippen LogP contribution in [0.25, 0.3) is 0 Å². The van der Waals surface area contributed by atoms with Crippen molar-refractivity contribution < 1.29 is 17.9 Å². The number of nitrogens with zero attached hydrogens (tertiary/aromatic N) is 2. The molecule has 0 aromatic carbocycles. The topological polar surface area (TPSA) is 37.4 Å². The van der Waals surface area contributed by atoms with Gasteiger partial charge in [-0.05, 0) is 6.07 Å². The zero-order chi connectivity index (χ0) is 18.8. The third-order valence-corrected chi connectivity index (χ3v) is 3.21. The molecule has 2 aliphatic rings. The Balaban J connectivity index is 0.000000798. The number of aromatic nitrogens is 1. The molecule has 0 radical (unpaired) electrons. The van der Waals surface area contributed by atoms with Gasteiger partial charge < -0.3 is 15.0 Å². The van der Waals surface area contributed by atoms with Gasteiger partial charge in [-0.1, -0.05) is 41.5 Å². The molecule has 140 valence electrons. The van der Waals surface area contributed by atoms with Crippen LogP contribution in [0.5, 0.6) is 5.75 Å². The number of pyridine rings is 1. The van der Waals surface area contributed by atoms with E-state index in [1.807, 2.05) is 46.4 Å². The van der Waals surface area contributed by atoms with E-state index in [1.54, 1.807) is 0 Å². The molecular weight excluding hydrogens is 319 g/mol. The van der Waals surface area contributed by atoms with Crippen molar-refractivity contribution >= 4 is 5.82 Å². The van der Waals surface area contributed by atoms with Gasteiger partial charge in [0.25, 0.3) is 0 Å². The molecule has 1 atom stereocenters. The van der Waals surface area contributed by atoms with Gasteiger partial charge in [-0.3, -0.25) is 0 Å². The Labute approximate surface area is 143 Å². The molecule has 3 rings (SSSR count). The summed E-state index contributed by atoms with van der Waals surface area (Å²) in [4.78, 5) is 5.93. The minimum atomic E-state index is -4.38. The molecule has 0 spiro atoms. The summed E-state index contributed by atoms with van der Waals surface area (Å²) in [7, 11) is 0. The van der Waals surface area contributed by atoms with Gasteiger partial charge in [0.15, 0.2) is 11.6 Å². The molecule has 0 amide bonds. The highest BCUT2D eigenvalue weighted by molar-refractivity contribution is 5.56. The number of piperazine rings is 1. The van der Waals surface area contributed by atoms with Crippen molar-refractivity contribution in [1.29, 1.82) is 0 Å². The van der Waals surface area contributed by atoms with Crippen LogP contribution >= 0.6 is 0 Å². The Morgan fingerprint density at radius 1 is 1.17 bits per heavy atom. The zero-order valence-corrected chi connectivity index (χ0v) is 15.5. The van der Waals surface area contributed by atoms with E-state index in [0.717, 1.165) is 31.9 Å². The van der Waals surface area contributed by atoms with Gasteiger partial charge in [0.1, 0.15) is 6.61 Å². The second kappa shape index (κ2) is 11.1. The molecule has 0 aliphatic carbocycles. The third-order valence-electron chi connectivity index (χ3n) is 3.21. The lowest BCUT2D eigenvalue weighted by Gasteiger charge is -2.40. The van der Waals surface area contributed by atoms with Crippen molar-refractivity contribution in [2.24, 2.45) is 0 Å². The second-order valence-corrected chi connectivity index (χ2v) is 4.41. The molecule has 1 fully saturated rings. The van der Waals surface area contributed by atoms with Gasteiger partial charge >= 0.3 is 6.18 Å². The molecular formula is C17H30F3N3O. The fraction of sp³-hybridized carbons (Fsp3) is 0.706. The molecule has 1 N–H and O–H groups in total. The molecule has 1 aromatic rings. The van der Waals surface area contributed by atoms with E-state index in [-0.39, 0.29) is 11.8 Å². The smallest absolute Gasteiger partial charge is 0.418 e. The third kappa shape index (κ3) is 5.54. The van der Waals surface area contributed by atoms with Gasteiger partial charge in [0.2, 0.25) is 0 Å². The van der Waals surface area contributed by atoms with Crippen LogP contribution in [0.15, 0.2) is 12.3 Å². The highest BCUT2D eigenvalue weighted by Crippen LogP contribution is 2.37. The lowest BCUT2D eigenvalue weighted by atomic mass is 10.1. The van der Waals surface area contributed by atoms with Crippen molar-refractivity contribution in [3.05, 3.63) is 17.8 Å². The van der Waals surface area contributed by atoms with Gasteiger partial charge in [-0.25, -0.2) is 4.98 Å². The van der Waals surface area contributed by atoms with E-state index in [1.165, 1.54) is 0 Å². The number of halogens is 3. The van der Waals surface area contributed by atoms with Crippen LogP contribution in [0.3, 0.4) is 0 Å². The van der Waals surface area contributed by atoms with E-state index in [2.05, 4.69) is 10.3 Å². The Kier molecular flexibility index (Phi) is 10.4. The van der Waals surface area contributed by atoms with Gasteiger partial charge in [-0.2, -0.15) is 13.2 Å². The van der Waals surface area contributed by atoms with Gasteiger partial charge in [0, 0.05) is 25.8 Å². The number of anilines is 1. The lowest BCUT2D eigenvalue weighted by Crippen LogP contribution is -2.56. The number of rotatable bonds is 0. The van der Waals surface area contributed by atoms with Crippen molar-refractivity contribution in [2.45, 2.75) is 53.8 Å². The first-order valence-corrected chi connectivity index (χ1v) is 8.73. The SMILES string of the molecule is CC.CC.CC.FC(F)(F)c1cnc2c(c1)OCC1CNCCN21. The van der Waals surface area contributed by atoms with Gasteiger partial charge in [-0.15, -0.1) is 0 Å². The number of hydrogen-bond donors (Lipinski definition) is 1. The van der Waals surface area contributed by atoms with E-state index in [9.17, 15) is 13.2 Å². The molecule has 2 aliphatic heterocycles. The van der Waals surface area contributed by atoms with Crippen molar-refractivity contribution in [1.82, 2.24) is 10.3 Å². The fourth-order valence-corrected chi connectivity index (χ4v) is 2.29. The predicted octanol–water partition coefficient (Wildman–Crippen LogP) is 4.35. The molecule has 4 nitrogen and oxygen atoms in total. The Morgan fingerprint density at radius 3 is 2.38 bits per heavy atom. The molecule has 1 saturated heterocycles. The van der Waals surface area contributed by atoms with Crippen LogP contribution in [0.2, 0.25) is 0 Å². The van der Waals surface area contributed by atoms with E-state index in [4.69, 9.17) is 4.74 Å². The summed E-state index contributed by atoms with van der Waals surface area (Å²) in [5.41, 5.74) is -0.769. The number of nitrogens with one attached hydrogen (secondary N) is 1. The van der Waals surface area contributed by atoms with Crippen molar-refractivity contribution in [2.75, 3.05) is 31.1 Å². The van der Waals surface area contributed by atoms with E-state index in [0.29, 0.717) is 12.4 Å². The van der Waals surface area contributed by atoms with Crippen LogP contribution in [0.4, 0.5) is 19.0 Å². The predicted molar refractivity (Wildman–Crippen MR) is 92.8 cm³/mol. The number of alkyl halides is 3. The van der Waals surface area contributed by atoms with E-state index < -0.39 is 11.7 Å². The molecule has 7 heteroatoms. The average Bonchev–Trinajstić information content (AvgIpc) is 2.65. The van der Waals surface area contributed by atoms with Crippen LogP contribution in [-0.2, 0) is 6.18 Å². The maximum Gasteiger partial charge on any atom is 0.418 e. The number of fused-ring (bicyclic) bond motifs is 3. The van der Waals surface area contributed by atoms with Crippen molar-refractivity contribution in [3.8, 4) is 5.75 Å². The quantitative estimate of drug-likeness (QED) is 0.756. The summed E-state index contributed by atoms with van der Waals surface area (Å²) < 4.78 is 43.1. The lowest BCUT2D eigenvalue weighted by molar-refractivity contribution is -0.138. The summed E-state index contributed by atoms with van der Waals surface area (Å²) in [5.74, 6) is 0.740. The van der Waals surface area contributed by atoms with Gasteiger partial charge in [0.05, 0.1) is 11.6 Å². The van der Waals surface area contributed by atoms with Crippen molar-refractivity contribution in [3.63, 3.8) is 0 Å². The molecule has 1 unspecified atom stereocenters. The molecule has 0 bridgehead atoms. The molecule has 1 aromatic heterocycles. The Bertz CT molecular complexity index is 467. The van der Waals surface area contributed by atoms with Crippen LogP contribution in [0, 0.1) is 0 Å². The van der Waals surface area contributed by atoms with Crippen LogP contribution < -0.4 is 15.0 Å². The normalized spacial score (nSPS) is 18.0. The molecule has 24 heavy (non-hydrogen) atoms. The fourth-order valence-electron chi connectivity index (χ4n) is 2.29. The summed E-state index contributed by atoms with van der Waals surface area (Å²) >= 11 is 0. The average molecular weight is 349 g/mol. The summed E-state index contributed by atoms with van der Waals surface area (Å²) in [6.07, 6.45) is -3.52. The largest absolute Gasteiger partial charge is 0.487 e. The number of ether oxygens (including phenoxy) is 1. The monoisotopic (exact) mass is 349 g/mol. The summed E-state index contributed by atoms with van der Waals surface area (Å²) in [6, 6.07) is 1.18. The molecule has 0 saturated carbocycles. The Morgan fingerprint density at radius 2 is 1.79 bits per heavy atom. The summed E-state index contributed by atoms with van der Waals surface area (Å²) in [5, 5.41) is 3.22. The first-order chi connectivity index (χ1) is 11.6. The van der Waals surface area contributed by atoms with Crippen LogP contribution in [-0.4, -0.2) is 37.3 Å². The maximum absolute atomic E-state index is 12.6. The minimum Gasteiger partial charge on any atom is -0.487 e. The zero-order valence-electron chi connectivity index (χ0n) is 15.5. The minimum absolute atomic E-state index is 0.149. The van der Waals surface area contributed by atoms with E-state index >= 15 is 0 Å². The number of hydrogen-bond acceptors (Lipinski definition) is 4. The first-order valence-electron chi connectivity index (χ1n) is 8.73. The van der Waals surface area contributed by atoms with Crippen LogP contribution in [0.1, 0.15) is 47.1 Å². The molecule has 3 heterocycles. The maximum atomic E-state index is 12.6. The highest BCUT2D eigenvalue weighted by Gasteiger charge is 2.35. The Hall–Kier alpha value is -1.50. The second-order valence-electron chi connectivity index (χ2n) is 4.41. The first kappa shape index (κ1) is 22.5.